The molecular weight excluding hydrogens is 244 g/mol. The molecule has 0 unspecified atom stereocenters. The lowest BCUT2D eigenvalue weighted by Gasteiger charge is -2.20. The van der Waals surface area contributed by atoms with E-state index in [0.29, 0.717) is 13.2 Å². The molecule has 1 aliphatic heterocycles. The summed E-state index contributed by atoms with van der Waals surface area (Å²) in [5.41, 5.74) is 3.76. The fourth-order valence-electron chi connectivity index (χ4n) is 2.56. The molecule has 1 N–H and O–H groups in total. The van der Waals surface area contributed by atoms with Gasteiger partial charge in [-0.15, -0.1) is 0 Å². The molecule has 19 heavy (non-hydrogen) atoms. The Morgan fingerprint density at radius 3 is 2.37 bits per heavy atom. The van der Waals surface area contributed by atoms with Gasteiger partial charge >= 0.3 is 0 Å². The van der Waals surface area contributed by atoms with E-state index in [1.165, 1.54) is 32.1 Å². The van der Waals surface area contributed by atoms with Crippen molar-refractivity contribution < 1.29 is 14.3 Å². The van der Waals surface area contributed by atoms with E-state index in [1.54, 1.807) is 6.92 Å². The van der Waals surface area contributed by atoms with Crippen LogP contribution in [0.2, 0.25) is 0 Å². The zero-order valence-corrected chi connectivity index (χ0v) is 11.7. The van der Waals surface area contributed by atoms with Crippen molar-refractivity contribution in [3.63, 3.8) is 0 Å². The van der Waals surface area contributed by atoms with Crippen LogP contribution in [0.1, 0.15) is 58.3 Å². The van der Waals surface area contributed by atoms with Gasteiger partial charge in [0.15, 0.2) is 5.79 Å². The summed E-state index contributed by atoms with van der Waals surface area (Å²) in [6, 6.07) is 0. The van der Waals surface area contributed by atoms with Gasteiger partial charge in [0.25, 0.3) is 0 Å². The number of nitrogens with one attached hydrogen (secondary N) is 1. The molecule has 1 aliphatic carbocycles. The number of hydrogen-bond donors (Lipinski definition) is 1. The number of hydrogen-bond acceptors (Lipinski definition) is 4. The van der Waals surface area contributed by atoms with Crippen LogP contribution in [0.5, 0.6) is 0 Å². The zero-order chi connectivity index (χ0) is 13.6. The van der Waals surface area contributed by atoms with E-state index < -0.39 is 5.79 Å². The molecule has 1 saturated carbocycles. The van der Waals surface area contributed by atoms with Crippen molar-refractivity contribution in [1.82, 2.24) is 5.43 Å². The van der Waals surface area contributed by atoms with Crippen molar-refractivity contribution in [2.45, 2.75) is 64.1 Å². The molecule has 2 aliphatic rings. The predicted molar refractivity (Wildman–Crippen MR) is 72.8 cm³/mol. The fourth-order valence-corrected chi connectivity index (χ4v) is 2.56. The molecule has 5 heteroatoms. The smallest absolute Gasteiger partial charge is 0.245 e. The fraction of sp³-hybridized carbons (Fsp3) is 0.857. The molecular formula is C14H24N2O3. The number of amides is 1. The lowest BCUT2D eigenvalue weighted by molar-refractivity contribution is -0.159. The zero-order valence-electron chi connectivity index (χ0n) is 11.7. The number of ether oxygens (including phenoxy) is 2. The van der Waals surface area contributed by atoms with Gasteiger partial charge < -0.3 is 9.47 Å². The van der Waals surface area contributed by atoms with E-state index in [2.05, 4.69) is 10.5 Å². The molecule has 0 bridgehead atoms. The molecule has 1 saturated heterocycles. The summed E-state index contributed by atoms with van der Waals surface area (Å²) in [6.45, 7) is 2.90. The Kier molecular flexibility index (Phi) is 5.34. The second-order valence-corrected chi connectivity index (χ2v) is 5.49. The third-order valence-electron chi connectivity index (χ3n) is 3.65. The highest BCUT2D eigenvalue weighted by molar-refractivity contribution is 5.86. The monoisotopic (exact) mass is 268 g/mol. The summed E-state index contributed by atoms with van der Waals surface area (Å²) < 4.78 is 10.8. The topological polar surface area (TPSA) is 59.9 Å². The molecule has 0 aromatic heterocycles. The molecule has 1 heterocycles. The van der Waals surface area contributed by atoms with Gasteiger partial charge in [-0.1, -0.05) is 19.3 Å². The Labute approximate surface area is 114 Å². The summed E-state index contributed by atoms with van der Waals surface area (Å²) in [4.78, 5) is 11.8. The van der Waals surface area contributed by atoms with Crippen LogP contribution in [0.25, 0.3) is 0 Å². The second kappa shape index (κ2) is 7.01. The first-order chi connectivity index (χ1) is 9.18. The minimum atomic E-state index is -0.773. The number of carbonyl (C=O) groups is 1. The van der Waals surface area contributed by atoms with Crippen LogP contribution >= 0.6 is 0 Å². The minimum absolute atomic E-state index is 0.140. The van der Waals surface area contributed by atoms with Gasteiger partial charge in [-0.25, -0.2) is 5.43 Å². The van der Waals surface area contributed by atoms with Gasteiger partial charge in [-0.3, -0.25) is 4.79 Å². The van der Waals surface area contributed by atoms with Gasteiger partial charge in [-0.2, -0.15) is 5.10 Å². The van der Waals surface area contributed by atoms with Crippen LogP contribution in [0, 0.1) is 0 Å². The van der Waals surface area contributed by atoms with E-state index in [4.69, 9.17) is 9.47 Å². The lowest BCUT2D eigenvalue weighted by atomic mass is 9.99. The second-order valence-electron chi connectivity index (χ2n) is 5.49. The molecule has 0 atom stereocenters. The third kappa shape index (κ3) is 4.91. The Balaban J connectivity index is 1.77. The normalized spacial score (nSPS) is 23.5. The number of hydrazone groups is 1. The maximum atomic E-state index is 11.8. The van der Waals surface area contributed by atoms with Crippen LogP contribution in [-0.2, 0) is 14.3 Å². The molecule has 2 fully saturated rings. The average molecular weight is 268 g/mol. The minimum Gasteiger partial charge on any atom is -0.347 e. The SMILES string of the molecule is CC1(CC(=O)NN=C2CCCCCCC2)OCCO1. The van der Waals surface area contributed by atoms with Crippen LogP contribution in [-0.4, -0.2) is 30.6 Å². The Morgan fingerprint density at radius 1 is 1.16 bits per heavy atom. The number of rotatable bonds is 3. The maximum absolute atomic E-state index is 11.8. The van der Waals surface area contributed by atoms with Crippen molar-refractivity contribution in [2.75, 3.05) is 13.2 Å². The molecule has 0 spiro atoms. The highest BCUT2D eigenvalue weighted by atomic mass is 16.7. The van der Waals surface area contributed by atoms with E-state index in [-0.39, 0.29) is 12.3 Å². The Bertz CT molecular complexity index is 326. The van der Waals surface area contributed by atoms with Gasteiger partial charge in [0.2, 0.25) is 5.91 Å². The quantitative estimate of drug-likeness (QED) is 0.799. The summed E-state index contributed by atoms with van der Waals surface area (Å²) >= 11 is 0. The van der Waals surface area contributed by atoms with Gasteiger partial charge in [0.1, 0.15) is 0 Å². The molecule has 0 aromatic rings. The van der Waals surface area contributed by atoms with Crippen molar-refractivity contribution in [1.29, 1.82) is 0 Å². The van der Waals surface area contributed by atoms with Gasteiger partial charge in [0, 0.05) is 5.71 Å². The van der Waals surface area contributed by atoms with E-state index in [9.17, 15) is 4.79 Å². The lowest BCUT2D eigenvalue weighted by Crippen LogP contribution is -2.33. The first-order valence-electron chi connectivity index (χ1n) is 7.30. The number of nitrogens with zero attached hydrogens (tertiary/aromatic N) is 1. The molecule has 2 rings (SSSR count). The molecule has 0 radical (unpaired) electrons. The summed E-state index contributed by atoms with van der Waals surface area (Å²) in [5, 5.41) is 4.26. The van der Waals surface area contributed by atoms with E-state index >= 15 is 0 Å². The van der Waals surface area contributed by atoms with E-state index in [0.717, 1.165) is 18.6 Å². The van der Waals surface area contributed by atoms with Crippen molar-refractivity contribution >= 4 is 11.6 Å². The number of carbonyl (C=O) groups excluding carboxylic acids is 1. The molecule has 5 nitrogen and oxygen atoms in total. The Morgan fingerprint density at radius 2 is 1.74 bits per heavy atom. The van der Waals surface area contributed by atoms with Crippen LogP contribution in [0.4, 0.5) is 0 Å². The maximum Gasteiger partial charge on any atom is 0.245 e. The Hall–Kier alpha value is -0.940. The summed E-state index contributed by atoms with van der Waals surface area (Å²) in [6.07, 6.45) is 8.43. The summed E-state index contributed by atoms with van der Waals surface area (Å²) in [7, 11) is 0. The standard InChI is InChI=1S/C14H24N2O3/c1-14(18-9-10-19-14)11-13(17)16-15-12-7-5-3-2-4-6-8-12/h2-11H2,1H3,(H,16,17). The van der Waals surface area contributed by atoms with Crippen molar-refractivity contribution in [2.24, 2.45) is 5.10 Å². The predicted octanol–water partition coefficient (Wildman–Crippen LogP) is 2.36. The molecule has 1 amide bonds. The van der Waals surface area contributed by atoms with Crippen LogP contribution in [0.15, 0.2) is 5.10 Å². The first-order valence-corrected chi connectivity index (χ1v) is 7.30. The molecule has 0 aromatic carbocycles. The van der Waals surface area contributed by atoms with Gasteiger partial charge in [0.05, 0.1) is 19.6 Å². The van der Waals surface area contributed by atoms with Crippen LogP contribution in [0.3, 0.4) is 0 Å². The average Bonchev–Trinajstić information content (AvgIpc) is 2.74. The van der Waals surface area contributed by atoms with Crippen molar-refractivity contribution in [3.05, 3.63) is 0 Å². The van der Waals surface area contributed by atoms with Crippen LogP contribution < -0.4 is 5.43 Å². The highest BCUT2D eigenvalue weighted by Crippen LogP contribution is 2.22. The summed E-state index contributed by atoms with van der Waals surface area (Å²) in [5.74, 6) is -0.912. The molecule has 108 valence electrons. The van der Waals surface area contributed by atoms with Gasteiger partial charge in [-0.05, 0) is 32.6 Å². The van der Waals surface area contributed by atoms with Crippen molar-refractivity contribution in [3.8, 4) is 0 Å². The third-order valence-corrected chi connectivity index (χ3v) is 3.65. The first kappa shape index (κ1) is 14.5. The van der Waals surface area contributed by atoms with E-state index in [1.807, 2.05) is 0 Å². The highest BCUT2D eigenvalue weighted by Gasteiger charge is 2.33. The largest absolute Gasteiger partial charge is 0.347 e.